The summed E-state index contributed by atoms with van der Waals surface area (Å²) < 4.78 is 11.5. The number of imide groups is 2. The molecule has 1 saturated heterocycles. The molecule has 0 aliphatic carbocycles. The molecule has 8 nitrogen and oxygen atoms in total. The van der Waals surface area contributed by atoms with Crippen LogP contribution in [0.15, 0.2) is 73.7 Å². The van der Waals surface area contributed by atoms with Gasteiger partial charge in [0.2, 0.25) is 5.76 Å². The number of barbiturate groups is 1. The predicted molar refractivity (Wildman–Crippen MR) is 126 cm³/mol. The maximum Gasteiger partial charge on any atom is 0.379 e. The van der Waals surface area contributed by atoms with Crippen molar-refractivity contribution in [2.75, 3.05) is 4.90 Å². The van der Waals surface area contributed by atoms with Crippen LogP contribution in [0.3, 0.4) is 0 Å². The maximum absolute atomic E-state index is 13.1. The van der Waals surface area contributed by atoms with Gasteiger partial charge in [0.15, 0.2) is 5.75 Å². The lowest BCUT2D eigenvalue weighted by atomic mass is 10.1. The molecule has 1 aliphatic heterocycles. The lowest BCUT2D eigenvalue weighted by Crippen LogP contribution is -2.54. The number of rotatable bonds is 4. The summed E-state index contributed by atoms with van der Waals surface area (Å²) in [7, 11) is 0. The number of amides is 4. The highest BCUT2D eigenvalue weighted by atomic mass is 79.9. The monoisotopic (exact) mass is 592 g/mol. The van der Waals surface area contributed by atoms with Crippen molar-refractivity contribution in [2.24, 2.45) is 0 Å². The number of halogens is 3. The number of benzene rings is 2. The van der Waals surface area contributed by atoms with Crippen molar-refractivity contribution < 1.29 is 28.3 Å². The number of carbonyl (C=O) groups excluding carboxylic acids is 4. The van der Waals surface area contributed by atoms with E-state index in [9.17, 15) is 19.2 Å². The Morgan fingerprint density at radius 3 is 2.48 bits per heavy atom. The van der Waals surface area contributed by atoms with Crippen LogP contribution in [0.2, 0.25) is 5.02 Å². The van der Waals surface area contributed by atoms with Gasteiger partial charge in [0, 0.05) is 15.1 Å². The Morgan fingerprint density at radius 1 is 1.09 bits per heavy atom. The number of carbonyl (C=O) groups is 4. The van der Waals surface area contributed by atoms with Gasteiger partial charge in [0.1, 0.15) is 5.57 Å². The van der Waals surface area contributed by atoms with Crippen molar-refractivity contribution in [3.05, 3.63) is 85.7 Å². The summed E-state index contributed by atoms with van der Waals surface area (Å²) in [6, 6.07) is 11.2. The molecule has 33 heavy (non-hydrogen) atoms. The van der Waals surface area contributed by atoms with Crippen LogP contribution < -0.4 is 15.0 Å². The minimum atomic E-state index is -0.899. The zero-order chi connectivity index (χ0) is 23.7. The lowest BCUT2D eigenvalue weighted by Gasteiger charge is -2.26. The second kappa shape index (κ2) is 9.34. The molecule has 0 unspecified atom stereocenters. The average Bonchev–Trinajstić information content (AvgIpc) is 3.29. The van der Waals surface area contributed by atoms with Crippen molar-refractivity contribution in [1.29, 1.82) is 0 Å². The smallest absolute Gasteiger partial charge is 0.379 e. The van der Waals surface area contributed by atoms with Crippen LogP contribution in [0, 0.1) is 0 Å². The number of furan rings is 1. The van der Waals surface area contributed by atoms with Gasteiger partial charge in [-0.1, -0.05) is 27.5 Å². The molecule has 0 spiro atoms. The molecule has 2 heterocycles. The van der Waals surface area contributed by atoms with E-state index >= 15 is 0 Å². The van der Waals surface area contributed by atoms with Gasteiger partial charge in [-0.3, -0.25) is 14.9 Å². The first-order valence-electron chi connectivity index (χ1n) is 9.16. The third-order valence-corrected chi connectivity index (χ3v) is 5.74. The lowest BCUT2D eigenvalue weighted by molar-refractivity contribution is -0.122. The number of nitrogens with zero attached hydrogens (tertiary/aromatic N) is 1. The molecule has 1 N–H and O–H groups in total. The normalized spacial score (nSPS) is 15.1. The van der Waals surface area contributed by atoms with Crippen molar-refractivity contribution in [1.82, 2.24) is 5.32 Å². The second-order valence-electron chi connectivity index (χ2n) is 6.61. The Morgan fingerprint density at radius 2 is 1.82 bits per heavy atom. The van der Waals surface area contributed by atoms with Crippen LogP contribution in [-0.2, 0) is 9.59 Å². The largest absolute Gasteiger partial charge is 0.457 e. The molecule has 3 aromatic rings. The van der Waals surface area contributed by atoms with E-state index in [4.69, 9.17) is 20.8 Å². The van der Waals surface area contributed by atoms with Crippen molar-refractivity contribution >= 4 is 79.0 Å². The van der Waals surface area contributed by atoms with E-state index in [-0.39, 0.29) is 28.3 Å². The molecule has 4 amide bonds. The summed E-state index contributed by atoms with van der Waals surface area (Å²) in [5.41, 5.74) is 0.102. The molecule has 4 rings (SSSR count). The Kier molecular flexibility index (Phi) is 6.50. The summed E-state index contributed by atoms with van der Waals surface area (Å²) in [6.07, 6.45) is 2.55. The molecule has 0 saturated carbocycles. The van der Waals surface area contributed by atoms with Gasteiger partial charge >= 0.3 is 12.0 Å². The Hall–Kier alpha value is -3.21. The summed E-state index contributed by atoms with van der Waals surface area (Å²) in [5, 5.41) is 2.55. The van der Waals surface area contributed by atoms with Gasteiger partial charge in [0.25, 0.3) is 11.8 Å². The molecule has 2 aromatic carbocycles. The van der Waals surface area contributed by atoms with Crippen LogP contribution in [0.5, 0.6) is 5.75 Å². The molecular weight excluding hydrogens is 584 g/mol. The third-order valence-electron chi connectivity index (χ3n) is 4.44. The van der Waals surface area contributed by atoms with E-state index in [2.05, 4.69) is 37.2 Å². The number of esters is 1. The molecule has 1 fully saturated rings. The van der Waals surface area contributed by atoms with Crippen LogP contribution in [0.1, 0.15) is 16.1 Å². The first kappa shape index (κ1) is 23.0. The van der Waals surface area contributed by atoms with Crippen molar-refractivity contribution in [3.8, 4) is 5.75 Å². The average molecular weight is 595 g/mol. The van der Waals surface area contributed by atoms with Crippen molar-refractivity contribution in [3.63, 3.8) is 0 Å². The predicted octanol–water partition coefficient (Wildman–Crippen LogP) is 5.34. The van der Waals surface area contributed by atoms with E-state index < -0.39 is 23.8 Å². The number of anilines is 1. The van der Waals surface area contributed by atoms with Crippen LogP contribution >= 0.6 is 43.5 Å². The highest BCUT2D eigenvalue weighted by Crippen LogP contribution is 2.35. The van der Waals surface area contributed by atoms with Crippen molar-refractivity contribution in [2.45, 2.75) is 0 Å². The topological polar surface area (TPSA) is 106 Å². The minimum absolute atomic E-state index is 0.0329. The zero-order valence-electron chi connectivity index (χ0n) is 16.3. The molecular formula is C22H11Br2ClN2O6. The van der Waals surface area contributed by atoms with Gasteiger partial charge in [-0.2, -0.15) is 0 Å². The number of ether oxygens (including phenoxy) is 1. The zero-order valence-corrected chi connectivity index (χ0v) is 20.2. The van der Waals surface area contributed by atoms with Gasteiger partial charge in [0.05, 0.1) is 16.4 Å². The standard InChI is InChI=1S/C22H11Br2ClN2O6/c23-12-8-11(18(16(24)10-12)33-21(30)17-2-1-7-32-17)9-15-19(28)26-22(31)27(20(15)29)14-5-3-13(25)4-6-14/h1-10H,(H,26,28,31)/b15-9-. The van der Waals surface area contributed by atoms with Gasteiger partial charge in [-0.15, -0.1) is 0 Å². The fourth-order valence-corrected chi connectivity index (χ4v) is 4.44. The highest BCUT2D eigenvalue weighted by Gasteiger charge is 2.37. The number of nitrogens with one attached hydrogen (secondary N) is 1. The maximum atomic E-state index is 13.1. The van der Waals surface area contributed by atoms with E-state index in [1.165, 1.54) is 48.7 Å². The van der Waals surface area contributed by atoms with Crippen LogP contribution in [0.4, 0.5) is 10.5 Å². The van der Waals surface area contributed by atoms with E-state index in [0.29, 0.717) is 14.0 Å². The van der Waals surface area contributed by atoms with E-state index in [1.54, 1.807) is 12.1 Å². The van der Waals surface area contributed by atoms with Gasteiger partial charge in [-0.25, -0.2) is 14.5 Å². The Labute approximate surface area is 208 Å². The molecule has 0 bridgehead atoms. The molecule has 0 radical (unpaired) electrons. The first-order valence-corrected chi connectivity index (χ1v) is 11.1. The molecule has 166 valence electrons. The quantitative estimate of drug-likeness (QED) is 0.189. The highest BCUT2D eigenvalue weighted by molar-refractivity contribution is 9.11. The molecule has 1 aromatic heterocycles. The third kappa shape index (κ3) is 4.77. The number of hydrogen-bond donors (Lipinski definition) is 1. The Bertz CT molecular complexity index is 1320. The minimum Gasteiger partial charge on any atom is -0.457 e. The fourth-order valence-electron chi connectivity index (χ4n) is 2.97. The molecule has 11 heteroatoms. The van der Waals surface area contributed by atoms with Gasteiger partial charge < -0.3 is 9.15 Å². The summed E-state index contributed by atoms with van der Waals surface area (Å²) in [5.74, 6) is -2.52. The Balaban J connectivity index is 1.76. The van der Waals surface area contributed by atoms with Gasteiger partial charge in [-0.05, 0) is 70.5 Å². The number of hydrogen-bond acceptors (Lipinski definition) is 6. The van der Waals surface area contributed by atoms with E-state index in [0.717, 1.165) is 4.90 Å². The molecule has 0 atom stereocenters. The van der Waals surface area contributed by atoms with Crippen LogP contribution in [0.25, 0.3) is 6.08 Å². The van der Waals surface area contributed by atoms with Crippen LogP contribution in [-0.4, -0.2) is 23.8 Å². The second-order valence-corrected chi connectivity index (χ2v) is 8.81. The summed E-state index contributed by atoms with van der Waals surface area (Å²) in [4.78, 5) is 51.2. The molecule has 1 aliphatic rings. The SMILES string of the molecule is O=C1NC(=O)N(c2ccc(Cl)cc2)C(=O)/C1=C\c1cc(Br)cc(Br)c1OC(=O)c1ccco1. The fraction of sp³-hybridized carbons (Fsp3) is 0. The summed E-state index contributed by atoms with van der Waals surface area (Å²) >= 11 is 12.5. The van der Waals surface area contributed by atoms with E-state index in [1.807, 2.05) is 0 Å². The number of urea groups is 1. The first-order chi connectivity index (χ1) is 15.7. The summed E-state index contributed by atoms with van der Waals surface area (Å²) in [6.45, 7) is 0.